The Bertz CT molecular complexity index is 924. The summed E-state index contributed by atoms with van der Waals surface area (Å²) < 4.78 is 13.0. The third-order valence-corrected chi connectivity index (χ3v) is 5.13. The van der Waals surface area contributed by atoms with Gasteiger partial charge in [0, 0.05) is 53.4 Å². The smallest absolute Gasteiger partial charge is 0.258 e. The number of aliphatic imine (C=N–C) groups is 1. The van der Waals surface area contributed by atoms with E-state index in [9.17, 15) is 9.18 Å². The lowest BCUT2D eigenvalue weighted by Gasteiger charge is -2.32. The molecule has 27 heavy (non-hydrogen) atoms. The monoisotopic (exact) mass is 383 g/mol. The maximum atomic E-state index is 13.0. The number of halogens is 2. The average molecular weight is 384 g/mol. The Morgan fingerprint density at radius 2 is 2.04 bits per heavy atom. The number of hydrogen-bond acceptors (Lipinski definition) is 3. The summed E-state index contributed by atoms with van der Waals surface area (Å²) in [6.07, 6.45) is 5.17. The molecule has 0 bridgehead atoms. The van der Waals surface area contributed by atoms with Gasteiger partial charge in [-0.05, 0) is 60.9 Å². The van der Waals surface area contributed by atoms with Crippen LogP contribution in [0.3, 0.4) is 0 Å². The first-order valence-corrected chi connectivity index (χ1v) is 9.30. The maximum absolute atomic E-state index is 13.0. The van der Waals surface area contributed by atoms with Crippen LogP contribution in [0.15, 0.2) is 59.4 Å². The van der Waals surface area contributed by atoms with Crippen molar-refractivity contribution in [2.24, 2.45) is 10.9 Å². The maximum Gasteiger partial charge on any atom is 0.258 e. The fourth-order valence-electron chi connectivity index (χ4n) is 3.48. The molecule has 2 aliphatic heterocycles. The van der Waals surface area contributed by atoms with Crippen molar-refractivity contribution in [3.63, 3.8) is 0 Å². The first-order valence-electron chi connectivity index (χ1n) is 8.92. The zero-order chi connectivity index (χ0) is 18.8. The van der Waals surface area contributed by atoms with E-state index in [1.54, 1.807) is 30.5 Å². The van der Waals surface area contributed by atoms with Crippen molar-refractivity contribution in [1.82, 2.24) is 4.90 Å². The van der Waals surface area contributed by atoms with Gasteiger partial charge in [0.1, 0.15) is 5.82 Å². The molecule has 138 valence electrons. The number of benzene rings is 2. The summed E-state index contributed by atoms with van der Waals surface area (Å²) in [4.78, 5) is 19.0. The molecule has 0 fully saturated rings. The molecule has 0 saturated heterocycles. The van der Waals surface area contributed by atoms with Crippen LogP contribution < -0.4 is 5.32 Å². The van der Waals surface area contributed by atoms with Gasteiger partial charge < -0.3 is 10.2 Å². The number of nitrogens with zero attached hydrogens (tertiary/aromatic N) is 2. The van der Waals surface area contributed by atoms with Gasteiger partial charge in [-0.15, -0.1) is 0 Å². The molecular weight excluding hydrogens is 365 g/mol. The van der Waals surface area contributed by atoms with E-state index < -0.39 is 0 Å². The lowest BCUT2D eigenvalue weighted by molar-refractivity contribution is 0.0784. The first-order chi connectivity index (χ1) is 13.1. The molecule has 2 aromatic rings. The molecule has 4 rings (SSSR count). The number of fused-ring (bicyclic) bond motifs is 1. The van der Waals surface area contributed by atoms with Crippen LogP contribution in [-0.4, -0.2) is 30.1 Å². The molecular formula is C21H19ClFN3O. The highest BCUT2D eigenvalue weighted by molar-refractivity contribution is 6.30. The lowest BCUT2D eigenvalue weighted by atomic mass is 9.96. The molecule has 2 aliphatic rings. The van der Waals surface area contributed by atoms with E-state index in [0.717, 1.165) is 29.8 Å². The molecule has 1 N–H and O–H groups in total. The van der Waals surface area contributed by atoms with Crippen molar-refractivity contribution >= 4 is 29.4 Å². The topological polar surface area (TPSA) is 44.7 Å². The van der Waals surface area contributed by atoms with Gasteiger partial charge in [0.25, 0.3) is 5.91 Å². The molecule has 4 nitrogen and oxygen atoms in total. The molecule has 1 unspecified atom stereocenters. The lowest BCUT2D eigenvalue weighted by Crippen LogP contribution is -2.38. The van der Waals surface area contributed by atoms with Gasteiger partial charge in [-0.2, -0.15) is 0 Å². The Balaban J connectivity index is 1.42. The van der Waals surface area contributed by atoms with Gasteiger partial charge in [-0.25, -0.2) is 4.39 Å². The van der Waals surface area contributed by atoms with Crippen molar-refractivity contribution < 1.29 is 9.18 Å². The van der Waals surface area contributed by atoms with Gasteiger partial charge in [0.15, 0.2) is 0 Å². The van der Waals surface area contributed by atoms with E-state index in [1.165, 1.54) is 12.1 Å². The predicted molar refractivity (Wildman–Crippen MR) is 106 cm³/mol. The van der Waals surface area contributed by atoms with Crippen LogP contribution in [0.2, 0.25) is 5.02 Å². The SMILES string of the molecule is O=C1c2ccc(Cl)cc2CCN1C1=CN=CC(CNc2ccc(F)cc2)C1. The van der Waals surface area contributed by atoms with Crippen molar-refractivity contribution in [2.75, 3.05) is 18.4 Å². The minimum absolute atomic E-state index is 0.00140. The van der Waals surface area contributed by atoms with E-state index in [1.807, 2.05) is 17.2 Å². The Kier molecular flexibility index (Phi) is 4.94. The number of hydrogen-bond donors (Lipinski definition) is 1. The van der Waals surface area contributed by atoms with Crippen LogP contribution in [0.4, 0.5) is 10.1 Å². The summed E-state index contributed by atoms with van der Waals surface area (Å²) >= 11 is 6.04. The summed E-state index contributed by atoms with van der Waals surface area (Å²) in [5, 5.41) is 3.95. The molecule has 1 atom stereocenters. The van der Waals surface area contributed by atoms with Crippen LogP contribution in [0, 0.1) is 11.7 Å². The fraction of sp³-hybridized carbons (Fsp3) is 0.238. The van der Waals surface area contributed by atoms with E-state index in [0.29, 0.717) is 23.7 Å². The number of anilines is 1. The average Bonchev–Trinajstić information content (AvgIpc) is 2.68. The largest absolute Gasteiger partial charge is 0.384 e. The Hall–Kier alpha value is -2.66. The fourth-order valence-corrected chi connectivity index (χ4v) is 3.67. The molecule has 0 radical (unpaired) electrons. The van der Waals surface area contributed by atoms with E-state index in [4.69, 9.17) is 11.6 Å². The summed E-state index contributed by atoms with van der Waals surface area (Å²) in [5.74, 6) is -0.0915. The van der Waals surface area contributed by atoms with Crippen LogP contribution in [0.25, 0.3) is 0 Å². The summed E-state index contributed by atoms with van der Waals surface area (Å²) in [6.45, 7) is 1.30. The van der Waals surface area contributed by atoms with Crippen LogP contribution in [-0.2, 0) is 6.42 Å². The van der Waals surface area contributed by atoms with Gasteiger partial charge in [0.05, 0.1) is 0 Å². The van der Waals surface area contributed by atoms with Crippen LogP contribution in [0.5, 0.6) is 0 Å². The van der Waals surface area contributed by atoms with E-state index in [-0.39, 0.29) is 17.6 Å². The second kappa shape index (κ2) is 7.53. The van der Waals surface area contributed by atoms with Crippen molar-refractivity contribution in [1.29, 1.82) is 0 Å². The zero-order valence-corrected chi connectivity index (χ0v) is 15.4. The van der Waals surface area contributed by atoms with Gasteiger partial charge in [-0.3, -0.25) is 9.79 Å². The summed E-state index contributed by atoms with van der Waals surface area (Å²) in [7, 11) is 0. The van der Waals surface area contributed by atoms with Crippen LogP contribution in [0.1, 0.15) is 22.3 Å². The van der Waals surface area contributed by atoms with Gasteiger partial charge in [-0.1, -0.05) is 11.6 Å². The highest BCUT2D eigenvalue weighted by Gasteiger charge is 2.28. The molecule has 6 heteroatoms. The minimum Gasteiger partial charge on any atom is -0.384 e. The molecule has 2 heterocycles. The number of carbonyl (C=O) groups is 1. The number of amides is 1. The molecule has 2 aromatic carbocycles. The Morgan fingerprint density at radius 3 is 2.85 bits per heavy atom. The summed E-state index contributed by atoms with van der Waals surface area (Å²) in [5.41, 5.74) is 3.50. The Morgan fingerprint density at radius 1 is 1.22 bits per heavy atom. The van der Waals surface area contributed by atoms with Gasteiger partial charge in [0.2, 0.25) is 0 Å². The van der Waals surface area contributed by atoms with E-state index in [2.05, 4.69) is 10.3 Å². The third kappa shape index (κ3) is 3.88. The molecule has 0 spiro atoms. The molecule has 0 saturated carbocycles. The zero-order valence-electron chi connectivity index (χ0n) is 14.7. The first kappa shape index (κ1) is 17.7. The van der Waals surface area contributed by atoms with Crippen molar-refractivity contribution in [3.05, 3.63) is 76.3 Å². The Labute approximate surface area is 162 Å². The van der Waals surface area contributed by atoms with Crippen molar-refractivity contribution in [2.45, 2.75) is 12.8 Å². The molecule has 1 amide bonds. The highest BCUT2D eigenvalue weighted by atomic mass is 35.5. The minimum atomic E-state index is -0.254. The number of allylic oxidation sites excluding steroid dienone is 1. The highest BCUT2D eigenvalue weighted by Crippen LogP contribution is 2.28. The quantitative estimate of drug-likeness (QED) is 0.843. The number of nitrogens with one attached hydrogen (secondary N) is 1. The van der Waals surface area contributed by atoms with Crippen molar-refractivity contribution in [3.8, 4) is 0 Å². The summed E-state index contributed by atoms with van der Waals surface area (Å²) in [6, 6.07) is 11.7. The number of rotatable bonds is 4. The predicted octanol–water partition coefficient (Wildman–Crippen LogP) is 4.52. The van der Waals surface area contributed by atoms with Crippen LogP contribution >= 0.6 is 11.6 Å². The normalized spacial score (nSPS) is 18.9. The molecule has 0 aromatic heterocycles. The molecule has 0 aliphatic carbocycles. The second-order valence-corrected chi connectivity index (χ2v) is 7.22. The standard InChI is InChI=1S/C21H19ClFN3O/c22-16-1-6-20-15(10-16)7-8-26(21(20)27)19-9-14(11-24-13-19)12-25-18-4-2-17(23)3-5-18/h1-6,10-11,13-14,25H,7-9,12H2. The number of carbonyl (C=O) groups excluding carboxylic acids is 1. The van der Waals surface area contributed by atoms with Gasteiger partial charge >= 0.3 is 0 Å². The third-order valence-electron chi connectivity index (χ3n) is 4.90. The second-order valence-electron chi connectivity index (χ2n) is 6.78. The van der Waals surface area contributed by atoms with E-state index >= 15 is 0 Å².